The third-order valence-corrected chi connectivity index (χ3v) is 3.20. The first-order valence-corrected chi connectivity index (χ1v) is 6.52. The maximum Gasteiger partial charge on any atom is 0.228 e. The Morgan fingerprint density at radius 1 is 1.35 bits per heavy atom. The molecule has 0 fully saturated rings. The van der Waals surface area contributed by atoms with Gasteiger partial charge in [0.1, 0.15) is 11.5 Å². The molecule has 1 N–H and O–H groups in total. The number of aromatic nitrogens is 3. The van der Waals surface area contributed by atoms with Crippen molar-refractivity contribution in [1.29, 1.82) is 0 Å². The largest absolute Gasteiger partial charge is 0.339 e. The fourth-order valence-corrected chi connectivity index (χ4v) is 1.97. The van der Waals surface area contributed by atoms with Crippen molar-refractivity contribution in [3.8, 4) is 11.5 Å². The maximum atomic E-state index is 12.8. The Balaban J connectivity index is 2.15. The van der Waals surface area contributed by atoms with Crippen LogP contribution in [0, 0.1) is 11.2 Å². The van der Waals surface area contributed by atoms with Gasteiger partial charge in [0.05, 0.1) is 6.20 Å². The lowest BCUT2D eigenvalue weighted by Crippen LogP contribution is -2.39. The number of nitrogens with one attached hydrogen (secondary N) is 1. The fraction of sp³-hybridized carbons (Fsp3) is 0.500. The molecule has 20 heavy (non-hydrogen) atoms. The van der Waals surface area contributed by atoms with Crippen LogP contribution in [0.3, 0.4) is 0 Å². The van der Waals surface area contributed by atoms with Crippen molar-refractivity contribution < 1.29 is 8.91 Å². The molecule has 0 aromatic carbocycles. The molecule has 1 unspecified atom stereocenters. The van der Waals surface area contributed by atoms with Gasteiger partial charge in [0.15, 0.2) is 0 Å². The lowest BCUT2D eigenvalue weighted by atomic mass is 9.85. The van der Waals surface area contributed by atoms with E-state index in [1.54, 1.807) is 0 Å². The number of hydrogen-bond acceptors (Lipinski definition) is 5. The quantitative estimate of drug-likeness (QED) is 0.930. The van der Waals surface area contributed by atoms with Crippen molar-refractivity contribution in [3.05, 3.63) is 30.0 Å². The highest BCUT2D eigenvalue weighted by Crippen LogP contribution is 2.22. The third kappa shape index (κ3) is 3.39. The van der Waals surface area contributed by atoms with Crippen LogP contribution in [0.4, 0.5) is 4.39 Å². The van der Waals surface area contributed by atoms with E-state index in [4.69, 9.17) is 4.52 Å². The summed E-state index contributed by atoms with van der Waals surface area (Å²) in [4.78, 5) is 8.24. The summed E-state index contributed by atoms with van der Waals surface area (Å²) in [5.41, 5.74) is 0.579. The van der Waals surface area contributed by atoms with Crippen LogP contribution in [0.2, 0.25) is 0 Å². The van der Waals surface area contributed by atoms with Crippen molar-refractivity contribution in [1.82, 2.24) is 20.4 Å². The Morgan fingerprint density at radius 3 is 2.65 bits per heavy atom. The molecule has 2 aromatic rings. The first kappa shape index (κ1) is 14.6. The molecule has 0 saturated carbocycles. The predicted molar refractivity (Wildman–Crippen MR) is 73.5 cm³/mol. The molecule has 108 valence electrons. The Kier molecular flexibility index (Phi) is 4.13. The van der Waals surface area contributed by atoms with Crippen LogP contribution in [0.1, 0.15) is 26.7 Å². The number of pyridine rings is 1. The molecule has 6 heteroatoms. The van der Waals surface area contributed by atoms with Crippen molar-refractivity contribution in [3.63, 3.8) is 0 Å². The van der Waals surface area contributed by atoms with E-state index in [0.717, 1.165) is 6.20 Å². The average Bonchev–Trinajstić information content (AvgIpc) is 2.84. The second-order valence-corrected chi connectivity index (χ2v) is 5.78. The topological polar surface area (TPSA) is 63.8 Å². The van der Waals surface area contributed by atoms with Gasteiger partial charge < -0.3 is 9.84 Å². The standard InChI is InChI=1S/C14H19FN4O/c1-14(2,3)11(16-4)7-12-18-13(19-20-12)10-6-5-9(15)8-17-10/h5-6,8,11,16H,7H2,1-4H3. The summed E-state index contributed by atoms with van der Waals surface area (Å²) in [5.74, 6) is 0.532. The first-order valence-electron chi connectivity index (χ1n) is 6.52. The van der Waals surface area contributed by atoms with Gasteiger partial charge in [0.2, 0.25) is 11.7 Å². The van der Waals surface area contributed by atoms with Crippen LogP contribution >= 0.6 is 0 Å². The van der Waals surface area contributed by atoms with Crippen LogP contribution in [-0.2, 0) is 6.42 Å². The van der Waals surface area contributed by atoms with Crippen molar-refractivity contribution in [2.24, 2.45) is 5.41 Å². The van der Waals surface area contributed by atoms with Gasteiger partial charge in [-0.05, 0) is 24.6 Å². The normalized spacial score (nSPS) is 13.4. The number of likely N-dealkylation sites (N-methyl/N-ethyl adjacent to an activating group) is 1. The van der Waals surface area contributed by atoms with Gasteiger partial charge in [-0.3, -0.25) is 0 Å². The van der Waals surface area contributed by atoms with Crippen LogP contribution in [0.5, 0.6) is 0 Å². The molecule has 0 amide bonds. The zero-order chi connectivity index (χ0) is 14.8. The second kappa shape index (κ2) is 5.66. The summed E-state index contributed by atoms with van der Waals surface area (Å²) in [7, 11) is 1.91. The zero-order valence-electron chi connectivity index (χ0n) is 12.1. The molecule has 0 saturated heterocycles. The van der Waals surface area contributed by atoms with Gasteiger partial charge in [-0.25, -0.2) is 9.37 Å². The molecule has 0 aliphatic heterocycles. The van der Waals surface area contributed by atoms with Gasteiger partial charge >= 0.3 is 0 Å². The summed E-state index contributed by atoms with van der Waals surface area (Å²) in [6.45, 7) is 6.44. The van der Waals surface area contributed by atoms with Crippen molar-refractivity contribution in [2.45, 2.75) is 33.2 Å². The second-order valence-electron chi connectivity index (χ2n) is 5.78. The molecule has 0 radical (unpaired) electrons. The Morgan fingerprint density at radius 2 is 2.10 bits per heavy atom. The molecule has 0 bridgehead atoms. The average molecular weight is 278 g/mol. The van der Waals surface area contributed by atoms with E-state index in [0.29, 0.717) is 23.8 Å². The van der Waals surface area contributed by atoms with Crippen molar-refractivity contribution in [2.75, 3.05) is 7.05 Å². The minimum absolute atomic E-state index is 0.0809. The Bertz CT molecular complexity index is 559. The summed E-state index contributed by atoms with van der Waals surface area (Å²) >= 11 is 0. The molecule has 0 spiro atoms. The van der Waals surface area contributed by atoms with E-state index >= 15 is 0 Å². The predicted octanol–water partition coefficient (Wildman–Crippen LogP) is 2.45. The third-order valence-electron chi connectivity index (χ3n) is 3.20. The van der Waals surface area contributed by atoms with Gasteiger partial charge in [-0.15, -0.1) is 0 Å². The summed E-state index contributed by atoms with van der Waals surface area (Å²) in [6.07, 6.45) is 1.77. The van der Waals surface area contributed by atoms with E-state index in [-0.39, 0.29) is 17.3 Å². The van der Waals surface area contributed by atoms with E-state index < -0.39 is 0 Å². The van der Waals surface area contributed by atoms with Gasteiger partial charge in [0, 0.05) is 12.5 Å². The molecule has 2 heterocycles. The highest BCUT2D eigenvalue weighted by molar-refractivity contribution is 5.47. The van der Waals surface area contributed by atoms with Crippen LogP contribution in [0.25, 0.3) is 11.5 Å². The highest BCUT2D eigenvalue weighted by atomic mass is 19.1. The van der Waals surface area contributed by atoms with E-state index in [2.05, 4.69) is 41.2 Å². The molecule has 5 nitrogen and oxygen atoms in total. The van der Waals surface area contributed by atoms with Gasteiger partial charge in [-0.2, -0.15) is 4.98 Å². The molecular formula is C14H19FN4O. The van der Waals surface area contributed by atoms with E-state index in [1.165, 1.54) is 12.1 Å². The zero-order valence-corrected chi connectivity index (χ0v) is 12.1. The van der Waals surface area contributed by atoms with E-state index in [9.17, 15) is 4.39 Å². The molecular weight excluding hydrogens is 259 g/mol. The summed E-state index contributed by atoms with van der Waals surface area (Å²) in [6, 6.07) is 3.07. The summed E-state index contributed by atoms with van der Waals surface area (Å²) < 4.78 is 18.1. The molecule has 1 atom stereocenters. The van der Waals surface area contributed by atoms with Crippen LogP contribution < -0.4 is 5.32 Å². The summed E-state index contributed by atoms with van der Waals surface area (Å²) in [5, 5.41) is 7.14. The minimum Gasteiger partial charge on any atom is -0.339 e. The molecule has 0 aliphatic carbocycles. The fourth-order valence-electron chi connectivity index (χ4n) is 1.97. The van der Waals surface area contributed by atoms with Gasteiger partial charge in [0.25, 0.3) is 0 Å². The Hall–Kier alpha value is -1.82. The molecule has 2 aromatic heterocycles. The SMILES string of the molecule is CNC(Cc1nc(-c2ccc(F)cn2)no1)C(C)(C)C. The Labute approximate surface area is 117 Å². The smallest absolute Gasteiger partial charge is 0.228 e. The van der Waals surface area contributed by atoms with Crippen LogP contribution in [0.15, 0.2) is 22.9 Å². The number of rotatable bonds is 4. The number of nitrogens with zero attached hydrogens (tertiary/aromatic N) is 3. The highest BCUT2D eigenvalue weighted by Gasteiger charge is 2.25. The lowest BCUT2D eigenvalue weighted by molar-refractivity contribution is 0.255. The monoisotopic (exact) mass is 278 g/mol. The first-order chi connectivity index (χ1) is 9.40. The molecule has 2 rings (SSSR count). The van der Waals surface area contributed by atoms with E-state index in [1.807, 2.05) is 7.05 Å². The van der Waals surface area contributed by atoms with Crippen molar-refractivity contribution >= 4 is 0 Å². The molecule has 0 aliphatic rings. The number of hydrogen-bond donors (Lipinski definition) is 1. The lowest BCUT2D eigenvalue weighted by Gasteiger charge is -2.29. The van der Waals surface area contributed by atoms with Crippen LogP contribution in [-0.4, -0.2) is 28.2 Å². The minimum atomic E-state index is -0.388. The maximum absolute atomic E-state index is 12.8. The number of halogens is 1. The van der Waals surface area contributed by atoms with Gasteiger partial charge in [-0.1, -0.05) is 25.9 Å².